The number of carbonyl (C=O) groups is 1. The molecule has 1 N–H and O–H groups in total. The zero-order valence-electron chi connectivity index (χ0n) is 13.2. The molecule has 0 aliphatic carbocycles. The van der Waals surface area contributed by atoms with E-state index in [4.69, 9.17) is 16.3 Å². The molecule has 0 amide bonds. The topological polar surface area (TPSA) is 94.4 Å². The molecule has 0 fully saturated rings. The molecule has 9 heteroatoms. The molecule has 1 atom stereocenters. The number of hydrogen-bond donors (Lipinski definition) is 1. The lowest BCUT2D eigenvalue weighted by atomic mass is 10.2. The van der Waals surface area contributed by atoms with E-state index in [0.29, 0.717) is 12.2 Å². The molecule has 2 aromatic rings. The molecule has 0 spiro atoms. The van der Waals surface area contributed by atoms with Crippen molar-refractivity contribution in [1.29, 1.82) is 0 Å². The van der Waals surface area contributed by atoms with Crippen molar-refractivity contribution >= 4 is 29.1 Å². The number of esters is 1. The van der Waals surface area contributed by atoms with E-state index in [2.05, 4.69) is 10.3 Å². The molecule has 0 saturated carbocycles. The highest BCUT2D eigenvalue weighted by molar-refractivity contribution is 6.33. The smallest absolute Gasteiger partial charge is 0.342 e. The second-order valence-electron chi connectivity index (χ2n) is 5.10. The Morgan fingerprint density at radius 2 is 2.20 bits per heavy atom. The van der Waals surface area contributed by atoms with E-state index < -0.39 is 16.7 Å². The second-order valence-corrected chi connectivity index (χ2v) is 5.51. The second kappa shape index (κ2) is 8.39. The van der Waals surface area contributed by atoms with Crippen molar-refractivity contribution in [2.24, 2.45) is 0 Å². The van der Waals surface area contributed by atoms with Crippen LogP contribution in [-0.2, 0) is 4.74 Å². The summed E-state index contributed by atoms with van der Waals surface area (Å²) in [5.41, 5.74) is -0.438. The summed E-state index contributed by atoms with van der Waals surface area (Å²) < 4.78 is 18.8. The number of nitrogens with zero attached hydrogens (tertiary/aromatic N) is 2. The molecule has 0 radical (unpaired) electrons. The quantitative estimate of drug-likeness (QED) is 0.454. The van der Waals surface area contributed by atoms with Gasteiger partial charge in [0.25, 0.3) is 5.69 Å². The fourth-order valence-electron chi connectivity index (χ4n) is 1.99. The molecular formula is C16H15ClFN3O4. The summed E-state index contributed by atoms with van der Waals surface area (Å²) in [6.07, 6.45) is 1.71. The minimum absolute atomic E-state index is 0.0250. The van der Waals surface area contributed by atoms with Crippen LogP contribution in [0.1, 0.15) is 23.7 Å². The number of hydrogen-bond acceptors (Lipinski definition) is 6. The third-order valence-corrected chi connectivity index (χ3v) is 3.70. The van der Waals surface area contributed by atoms with E-state index in [0.717, 1.165) is 12.3 Å². The van der Waals surface area contributed by atoms with E-state index in [1.807, 2.05) is 6.92 Å². The summed E-state index contributed by atoms with van der Waals surface area (Å²) in [4.78, 5) is 26.0. The maximum absolute atomic E-state index is 13.7. The number of nitro groups is 1. The first-order chi connectivity index (χ1) is 11.9. The van der Waals surface area contributed by atoms with Crippen LogP contribution in [0.2, 0.25) is 5.02 Å². The van der Waals surface area contributed by atoms with Crippen LogP contribution in [0.15, 0.2) is 36.5 Å². The van der Waals surface area contributed by atoms with Crippen LogP contribution in [0.3, 0.4) is 0 Å². The van der Waals surface area contributed by atoms with E-state index >= 15 is 0 Å². The number of anilines is 1. The molecule has 0 aliphatic rings. The number of pyridine rings is 1. The highest BCUT2D eigenvalue weighted by Gasteiger charge is 2.19. The highest BCUT2D eigenvalue weighted by Crippen LogP contribution is 2.20. The van der Waals surface area contributed by atoms with Gasteiger partial charge in [-0.25, -0.2) is 14.2 Å². The van der Waals surface area contributed by atoms with Gasteiger partial charge in [-0.2, -0.15) is 0 Å². The van der Waals surface area contributed by atoms with Gasteiger partial charge in [0.2, 0.25) is 0 Å². The van der Waals surface area contributed by atoms with Gasteiger partial charge >= 0.3 is 5.97 Å². The molecule has 1 aromatic carbocycles. The zero-order valence-corrected chi connectivity index (χ0v) is 14.0. The van der Waals surface area contributed by atoms with Gasteiger partial charge in [-0.1, -0.05) is 24.6 Å². The normalized spacial score (nSPS) is 11.6. The molecule has 25 heavy (non-hydrogen) atoms. The Morgan fingerprint density at radius 1 is 1.44 bits per heavy atom. The minimum atomic E-state index is -0.861. The molecule has 2 rings (SSSR count). The summed E-state index contributed by atoms with van der Waals surface area (Å²) >= 11 is 5.82. The van der Waals surface area contributed by atoms with Gasteiger partial charge in [0.1, 0.15) is 30.0 Å². The van der Waals surface area contributed by atoms with Crippen LogP contribution in [0.5, 0.6) is 0 Å². The molecule has 1 unspecified atom stereocenters. The Balaban J connectivity index is 1.98. The van der Waals surface area contributed by atoms with E-state index in [1.165, 1.54) is 24.3 Å². The summed E-state index contributed by atoms with van der Waals surface area (Å²) in [6.45, 7) is 1.81. The van der Waals surface area contributed by atoms with Crippen molar-refractivity contribution in [1.82, 2.24) is 4.98 Å². The van der Waals surface area contributed by atoms with Gasteiger partial charge < -0.3 is 10.1 Å². The van der Waals surface area contributed by atoms with E-state index in [1.54, 1.807) is 0 Å². The summed E-state index contributed by atoms with van der Waals surface area (Å²) in [5.74, 6) is -1.21. The van der Waals surface area contributed by atoms with Crippen LogP contribution in [0.25, 0.3) is 0 Å². The molecule has 0 aliphatic heterocycles. The Bertz CT molecular complexity index is 750. The standard InChI is InChI=1S/C16H15ClFN3O4/c1-2-10(20-14-7-6-11(8-19-14)21(23)24)9-25-16(22)15-12(17)4-3-5-13(15)18/h3-8,10H,2,9H2,1H3,(H,19,20). The Kier molecular flexibility index (Phi) is 6.24. The number of rotatable bonds is 7. The summed E-state index contributed by atoms with van der Waals surface area (Å²) in [7, 11) is 0. The Labute approximate surface area is 147 Å². The van der Waals surface area contributed by atoms with Crippen LogP contribution in [-0.4, -0.2) is 28.5 Å². The monoisotopic (exact) mass is 367 g/mol. The zero-order chi connectivity index (χ0) is 18.4. The van der Waals surface area contributed by atoms with Crippen molar-refractivity contribution < 1.29 is 18.8 Å². The predicted octanol–water partition coefficient (Wildman–Crippen LogP) is 3.83. The largest absolute Gasteiger partial charge is 0.460 e. The molecular weight excluding hydrogens is 353 g/mol. The molecule has 1 aromatic heterocycles. The molecule has 7 nitrogen and oxygen atoms in total. The van der Waals surface area contributed by atoms with Crippen molar-refractivity contribution in [3.05, 3.63) is 63.0 Å². The molecule has 132 valence electrons. The van der Waals surface area contributed by atoms with Gasteiger partial charge in [-0.15, -0.1) is 0 Å². The van der Waals surface area contributed by atoms with Gasteiger partial charge in [0.15, 0.2) is 0 Å². The fraction of sp³-hybridized carbons (Fsp3) is 0.250. The van der Waals surface area contributed by atoms with Crippen molar-refractivity contribution in [3.63, 3.8) is 0 Å². The van der Waals surface area contributed by atoms with Crippen molar-refractivity contribution in [3.8, 4) is 0 Å². The van der Waals surface area contributed by atoms with Gasteiger partial charge in [0.05, 0.1) is 16.0 Å². The van der Waals surface area contributed by atoms with Gasteiger partial charge in [0, 0.05) is 6.07 Å². The predicted molar refractivity (Wildman–Crippen MR) is 90.3 cm³/mol. The van der Waals surface area contributed by atoms with Crippen molar-refractivity contribution in [2.75, 3.05) is 11.9 Å². The third-order valence-electron chi connectivity index (χ3n) is 3.39. The molecule has 0 bridgehead atoms. The van der Waals surface area contributed by atoms with Crippen LogP contribution >= 0.6 is 11.6 Å². The van der Waals surface area contributed by atoms with Gasteiger partial charge in [-0.05, 0) is 24.6 Å². The number of aromatic nitrogens is 1. The number of halogens is 2. The van der Waals surface area contributed by atoms with Crippen molar-refractivity contribution in [2.45, 2.75) is 19.4 Å². The van der Waals surface area contributed by atoms with E-state index in [-0.39, 0.29) is 28.9 Å². The maximum Gasteiger partial charge on any atom is 0.342 e. The number of benzene rings is 1. The molecule has 0 saturated heterocycles. The fourth-order valence-corrected chi connectivity index (χ4v) is 2.23. The minimum Gasteiger partial charge on any atom is -0.460 e. The van der Waals surface area contributed by atoms with E-state index in [9.17, 15) is 19.3 Å². The van der Waals surface area contributed by atoms with Crippen LogP contribution in [0, 0.1) is 15.9 Å². The van der Waals surface area contributed by atoms with Gasteiger partial charge in [-0.3, -0.25) is 10.1 Å². The lowest BCUT2D eigenvalue weighted by Gasteiger charge is -2.17. The Hall–Kier alpha value is -2.74. The summed E-state index contributed by atoms with van der Waals surface area (Å²) in [6, 6.07) is 6.38. The Morgan fingerprint density at radius 3 is 2.76 bits per heavy atom. The highest BCUT2D eigenvalue weighted by atomic mass is 35.5. The number of carbonyl (C=O) groups excluding carboxylic acids is 1. The third kappa shape index (κ3) is 4.87. The molecule has 1 heterocycles. The summed E-state index contributed by atoms with van der Waals surface area (Å²) in [5, 5.41) is 13.6. The lowest BCUT2D eigenvalue weighted by molar-refractivity contribution is -0.385. The SMILES string of the molecule is CCC(COC(=O)c1c(F)cccc1Cl)Nc1ccc([N+](=O)[O-])cn1. The first-order valence-electron chi connectivity index (χ1n) is 7.40. The lowest BCUT2D eigenvalue weighted by Crippen LogP contribution is -2.27. The number of nitrogens with one attached hydrogen (secondary N) is 1. The number of ether oxygens (including phenoxy) is 1. The van der Waals surface area contributed by atoms with Crippen LogP contribution < -0.4 is 5.32 Å². The first-order valence-corrected chi connectivity index (χ1v) is 7.78. The average molecular weight is 368 g/mol. The van der Waals surface area contributed by atoms with Crippen LogP contribution in [0.4, 0.5) is 15.9 Å². The average Bonchev–Trinajstić information content (AvgIpc) is 2.58. The first kappa shape index (κ1) is 18.6. The maximum atomic E-state index is 13.7.